The summed E-state index contributed by atoms with van der Waals surface area (Å²) in [6.45, 7) is 0. The summed E-state index contributed by atoms with van der Waals surface area (Å²) in [6, 6.07) is 22.7. The first-order chi connectivity index (χ1) is 18.0. The lowest BCUT2D eigenvalue weighted by Gasteiger charge is -2.48. The minimum Gasteiger partial charge on any atom is -0.466 e. The molecule has 2 aromatic carbocycles. The van der Waals surface area contributed by atoms with Gasteiger partial charge in [0, 0.05) is 5.56 Å². The van der Waals surface area contributed by atoms with Crippen molar-refractivity contribution in [3.63, 3.8) is 0 Å². The van der Waals surface area contributed by atoms with Crippen LogP contribution in [0.5, 0.6) is 0 Å². The van der Waals surface area contributed by atoms with Gasteiger partial charge in [-0.3, -0.25) is 0 Å². The number of rotatable bonds is 4. The van der Waals surface area contributed by atoms with Crippen molar-refractivity contribution in [3.8, 4) is 12.1 Å². The van der Waals surface area contributed by atoms with Crippen molar-refractivity contribution in [1.82, 2.24) is 5.01 Å². The number of hydrazone groups is 1. The van der Waals surface area contributed by atoms with Crippen molar-refractivity contribution in [2.75, 3.05) is 14.2 Å². The highest BCUT2D eigenvalue weighted by molar-refractivity contribution is 6.15. The summed E-state index contributed by atoms with van der Waals surface area (Å²) in [5.41, 5.74) is -0.425. The van der Waals surface area contributed by atoms with Gasteiger partial charge in [-0.05, 0) is 42.4 Å². The number of methoxy groups -OCH3 is 2. The molecule has 1 atom stereocenters. The second-order valence-electron chi connectivity index (χ2n) is 9.03. The van der Waals surface area contributed by atoms with Gasteiger partial charge in [0.2, 0.25) is 0 Å². The second-order valence-corrected chi connectivity index (χ2v) is 9.03. The van der Waals surface area contributed by atoms with Crippen LogP contribution >= 0.6 is 0 Å². The van der Waals surface area contributed by atoms with E-state index in [1.165, 1.54) is 12.1 Å². The average Bonchev–Trinajstić information content (AvgIpc) is 3.24. The molecule has 2 heterocycles. The van der Waals surface area contributed by atoms with Crippen LogP contribution in [0, 0.1) is 22.7 Å². The first-order valence-corrected chi connectivity index (χ1v) is 12.0. The molecule has 2 aromatic rings. The largest absolute Gasteiger partial charge is 0.466 e. The highest BCUT2D eigenvalue weighted by atomic mass is 16.5. The number of benzene rings is 2. The molecule has 0 fully saturated rings. The minimum atomic E-state index is -2.25. The molecule has 8 nitrogen and oxygen atoms in total. The van der Waals surface area contributed by atoms with E-state index < -0.39 is 23.0 Å². The highest BCUT2D eigenvalue weighted by Gasteiger charge is 2.69. The zero-order chi connectivity index (χ0) is 26.2. The third kappa shape index (κ3) is 3.16. The number of nitrogens with zero attached hydrogens (tertiary/aromatic N) is 4. The maximum Gasteiger partial charge on any atom is 0.339 e. The van der Waals surface area contributed by atoms with E-state index in [0.717, 1.165) is 36.7 Å². The SMILES string of the molecule is COC(=O)C1=C(C(=O)OC)C2(c3ccccc3)C3=C(CCCC3)C(c3ccccc3)=NN2C1(C#N)C#N. The lowest BCUT2D eigenvalue weighted by atomic mass is 9.68. The van der Waals surface area contributed by atoms with E-state index in [1.54, 1.807) is 0 Å². The first kappa shape index (κ1) is 24.0. The zero-order valence-electron chi connectivity index (χ0n) is 20.5. The number of allylic oxidation sites excluding steroid dienone is 1. The van der Waals surface area contributed by atoms with Gasteiger partial charge in [0.15, 0.2) is 0 Å². The second kappa shape index (κ2) is 9.07. The fourth-order valence-electron chi connectivity index (χ4n) is 5.86. The van der Waals surface area contributed by atoms with E-state index in [9.17, 15) is 20.1 Å². The van der Waals surface area contributed by atoms with E-state index in [-0.39, 0.29) is 11.1 Å². The number of carbonyl (C=O) groups is 2. The van der Waals surface area contributed by atoms with Crippen LogP contribution in [0.25, 0.3) is 0 Å². The Balaban J connectivity index is 2.00. The molecular weight excluding hydrogens is 468 g/mol. The Kier molecular flexibility index (Phi) is 5.89. The lowest BCUT2D eigenvalue weighted by Crippen LogP contribution is -2.56. The molecule has 0 amide bonds. The van der Waals surface area contributed by atoms with Crippen LogP contribution in [0.4, 0.5) is 0 Å². The standard InChI is InChI=1S/C29H24N4O4/c1-36-26(34)23-24(27(35)37-2)29(20-13-7-4-8-14-20)22-16-10-9-15-21(22)25(19-11-5-3-6-12-19)32-33(29)28(23,17-30)18-31/h3-8,11-14H,9-10,15-16H2,1-2H3. The monoisotopic (exact) mass is 492 g/mol. The molecule has 0 saturated heterocycles. The topological polar surface area (TPSA) is 116 Å². The summed E-state index contributed by atoms with van der Waals surface area (Å²) in [5, 5.41) is 27.4. The van der Waals surface area contributed by atoms with Crippen LogP contribution in [0.2, 0.25) is 0 Å². The smallest absolute Gasteiger partial charge is 0.339 e. The Morgan fingerprint density at radius 1 is 0.865 bits per heavy atom. The minimum absolute atomic E-state index is 0.110. The first-order valence-electron chi connectivity index (χ1n) is 12.0. The number of nitriles is 2. The number of fused-ring (bicyclic) bond motifs is 2. The van der Waals surface area contributed by atoms with E-state index in [1.807, 2.05) is 72.8 Å². The molecular formula is C29H24N4O4. The summed E-state index contributed by atoms with van der Waals surface area (Å²) in [7, 11) is 2.36. The summed E-state index contributed by atoms with van der Waals surface area (Å²) >= 11 is 0. The lowest BCUT2D eigenvalue weighted by molar-refractivity contribution is -0.139. The highest BCUT2D eigenvalue weighted by Crippen LogP contribution is 2.60. The average molecular weight is 493 g/mol. The van der Waals surface area contributed by atoms with Gasteiger partial charge in [0.25, 0.3) is 5.54 Å². The Bertz CT molecular complexity index is 1450. The molecule has 0 aromatic heterocycles. The molecule has 0 saturated carbocycles. The van der Waals surface area contributed by atoms with Gasteiger partial charge in [-0.25, -0.2) is 14.6 Å². The normalized spacial score (nSPS) is 21.7. The van der Waals surface area contributed by atoms with Crippen LogP contribution < -0.4 is 0 Å². The molecule has 0 bridgehead atoms. The van der Waals surface area contributed by atoms with Crippen molar-refractivity contribution in [2.45, 2.75) is 36.8 Å². The Labute approximate surface area is 214 Å². The number of hydrogen-bond donors (Lipinski definition) is 0. The van der Waals surface area contributed by atoms with E-state index in [2.05, 4.69) is 0 Å². The number of carbonyl (C=O) groups excluding carboxylic acids is 2. The van der Waals surface area contributed by atoms with Gasteiger partial charge in [0.05, 0.1) is 25.5 Å². The summed E-state index contributed by atoms with van der Waals surface area (Å²) in [6.07, 6.45) is 3.02. The van der Waals surface area contributed by atoms with Gasteiger partial charge in [0.1, 0.15) is 23.3 Å². The number of esters is 2. The molecule has 37 heavy (non-hydrogen) atoms. The van der Waals surface area contributed by atoms with E-state index >= 15 is 0 Å². The predicted octanol–water partition coefficient (Wildman–Crippen LogP) is 3.91. The van der Waals surface area contributed by atoms with Gasteiger partial charge < -0.3 is 9.47 Å². The van der Waals surface area contributed by atoms with Crippen molar-refractivity contribution in [1.29, 1.82) is 10.5 Å². The fraction of sp³-hybridized carbons (Fsp3) is 0.276. The zero-order valence-corrected chi connectivity index (χ0v) is 20.5. The molecule has 5 rings (SSSR count). The third-order valence-electron chi connectivity index (χ3n) is 7.34. The van der Waals surface area contributed by atoms with Crippen LogP contribution in [0.3, 0.4) is 0 Å². The van der Waals surface area contributed by atoms with Gasteiger partial charge in [-0.15, -0.1) is 0 Å². The third-order valence-corrected chi connectivity index (χ3v) is 7.34. The van der Waals surface area contributed by atoms with Gasteiger partial charge in [-0.2, -0.15) is 15.6 Å². The van der Waals surface area contributed by atoms with Crippen molar-refractivity contribution in [2.24, 2.45) is 5.10 Å². The molecule has 8 heteroatoms. The van der Waals surface area contributed by atoms with Crippen LogP contribution in [0.15, 0.2) is 88.1 Å². The molecule has 1 aliphatic carbocycles. The Morgan fingerprint density at radius 3 is 2.03 bits per heavy atom. The van der Waals surface area contributed by atoms with Crippen molar-refractivity contribution in [3.05, 3.63) is 94.1 Å². The molecule has 1 unspecified atom stereocenters. The maximum atomic E-state index is 13.6. The fourth-order valence-corrected chi connectivity index (χ4v) is 5.86. The number of ether oxygens (including phenoxy) is 2. The van der Waals surface area contributed by atoms with Crippen LogP contribution in [-0.2, 0) is 24.6 Å². The molecule has 184 valence electrons. The molecule has 0 radical (unpaired) electrons. The predicted molar refractivity (Wildman–Crippen MR) is 133 cm³/mol. The molecule has 0 N–H and O–H groups in total. The maximum absolute atomic E-state index is 13.6. The number of hydrogen-bond acceptors (Lipinski definition) is 8. The van der Waals surface area contributed by atoms with Crippen molar-refractivity contribution < 1.29 is 19.1 Å². The molecule has 3 aliphatic rings. The summed E-state index contributed by atoms with van der Waals surface area (Å²) in [4.78, 5) is 26.9. The molecule has 0 spiro atoms. The Morgan fingerprint density at radius 2 is 1.43 bits per heavy atom. The summed E-state index contributed by atoms with van der Waals surface area (Å²) in [5.74, 6) is -1.78. The van der Waals surface area contributed by atoms with E-state index in [4.69, 9.17) is 14.6 Å². The van der Waals surface area contributed by atoms with Gasteiger partial charge >= 0.3 is 11.9 Å². The van der Waals surface area contributed by atoms with E-state index in [0.29, 0.717) is 24.1 Å². The quantitative estimate of drug-likeness (QED) is 0.594. The molecule has 2 aliphatic heterocycles. The summed E-state index contributed by atoms with van der Waals surface area (Å²) < 4.78 is 10.3. The van der Waals surface area contributed by atoms with Crippen LogP contribution in [0.1, 0.15) is 36.8 Å². The van der Waals surface area contributed by atoms with Crippen LogP contribution in [-0.4, -0.2) is 42.4 Å². The van der Waals surface area contributed by atoms with Crippen molar-refractivity contribution >= 4 is 17.7 Å². The van der Waals surface area contributed by atoms with Gasteiger partial charge in [-0.1, -0.05) is 60.7 Å². The Hall–Kier alpha value is -4.69.